The first-order chi connectivity index (χ1) is 25.7. The Bertz CT molecular complexity index is 1490. The van der Waals surface area contributed by atoms with Crippen molar-refractivity contribution >= 4 is 0 Å². The van der Waals surface area contributed by atoms with Crippen LogP contribution < -0.4 is 0 Å². The van der Waals surface area contributed by atoms with Crippen molar-refractivity contribution < 1.29 is 64.5 Å². The summed E-state index contributed by atoms with van der Waals surface area (Å²) in [7, 11) is 0. The molecule has 3 heterocycles. The van der Waals surface area contributed by atoms with Gasteiger partial charge in [-0.1, -0.05) is 53.7 Å². The molecule has 0 radical (unpaired) electrons. The van der Waals surface area contributed by atoms with E-state index in [1.54, 1.807) is 6.92 Å². The maximum Gasteiger partial charge on any atom is 0.186 e. The normalized spacial score (nSPS) is 59.7. The van der Waals surface area contributed by atoms with Gasteiger partial charge in [0.25, 0.3) is 0 Å². The molecule has 8 N–H and O–H groups in total. The van der Waals surface area contributed by atoms with E-state index in [1.165, 1.54) is 0 Å². The third-order valence-corrected chi connectivity index (χ3v) is 17.9. The van der Waals surface area contributed by atoms with E-state index in [4.69, 9.17) is 23.7 Å². The zero-order chi connectivity index (χ0) is 39.9. The van der Waals surface area contributed by atoms with Crippen LogP contribution in [0.3, 0.4) is 0 Å². The van der Waals surface area contributed by atoms with E-state index < -0.39 is 96.7 Å². The maximum absolute atomic E-state index is 11.3. The first kappa shape index (κ1) is 41.0. The van der Waals surface area contributed by atoms with Gasteiger partial charge in [0, 0.05) is 22.2 Å². The topological polar surface area (TPSA) is 208 Å². The average Bonchev–Trinajstić information content (AvgIpc) is 3.41. The van der Waals surface area contributed by atoms with Gasteiger partial charge in [-0.3, -0.25) is 0 Å². The Kier molecular flexibility index (Phi) is 9.95. The molecule has 55 heavy (non-hydrogen) atoms. The predicted octanol–water partition coefficient (Wildman–Crippen LogP) is 1.78. The lowest BCUT2D eigenvalue weighted by atomic mass is 9.32. The number of hydrogen-bond acceptors (Lipinski definition) is 13. The van der Waals surface area contributed by atoms with E-state index in [9.17, 15) is 40.9 Å². The minimum Gasteiger partial charge on any atom is -0.396 e. The fourth-order valence-corrected chi connectivity index (χ4v) is 14.3. The van der Waals surface area contributed by atoms with Crippen molar-refractivity contribution in [3.05, 3.63) is 12.2 Å². The van der Waals surface area contributed by atoms with E-state index in [0.717, 1.165) is 38.5 Å². The Labute approximate surface area is 325 Å². The summed E-state index contributed by atoms with van der Waals surface area (Å²) in [6.07, 6.45) is -2.29. The first-order valence-electron chi connectivity index (χ1n) is 20.9. The Morgan fingerprint density at radius 2 is 1.35 bits per heavy atom. The van der Waals surface area contributed by atoms with Crippen LogP contribution >= 0.6 is 0 Å². The van der Waals surface area contributed by atoms with Crippen molar-refractivity contribution in [1.82, 2.24) is 0 Å². The maximum atomic E-state index is 11.3. The summed E-state index contributed by atoms with van der Waals surface area (Å²) < 4.78 is 32.6. The number of aliphatic hydroxyl groups excluding tert-OH is 8. The van der Waals surface area contributed by atoms with Gasteiger partial charge in [-0.05, 0) is 86.4 Å². The lowest BCUT2D eigenvalue weighted by molar-refractivity contribution is -0.339. The second kappa shape index (κ2) is 13.4. The van der Waals surface area contributed by atoms with E-state index in [2.05, 4.69) is 53.7 Å². The van der Waals surface area contributed by atoms with Gasteiger partial charge < -0.3 is 64.5 Å². The molecule has 0 aromatic carbocycles. The summed E-state index contributed by atoms with van der Waals surface area (Å²) >= 11 is 0. The van der Waals surface area contributed by atoms with Crippen molar-refractivity contribution in [2.24, 2.45) is 50.2 Å². The van der Waals surface area contributed by atoms with Gasteiger partial charge in [0.15, 0.2) is 12.6 Å². The predicted molar refractivity (Wildman–Crippen MR) is 197 cm³/mol. The molecule has 0 aromatic rings. The molecule has 0 amide bonds. The second-order valence-corrected chi connectivity index (χ2v) is 21.0. The minimum absolute atomic E-state index is 0.0414. The van der Waals surface area contributed by atoms with Crippen molar-refractivity contribution in [3.8, 4) is 0 Å². The number of ether oxygens (including phenoxy) is 5. The molecular weight excluding hydrogens is 712 g/mol. The highest BCUT2D eigenvalue weighted by molar-refractivity contribution is 5.36. The summed E-state index contributed by atoms with van der Waals surface area (Å²) in [5, 5.41) is 85.4. The molecule has 2 bridgehead atoms. The number of aliphatic hydroxyl groups is 8. The third kappa shape index (κ3) is 5.44. The average molecular weight is 781 g/mol. The van der Waals surface area contributed by atoms with Crippen LogP contribution in [0.15, 0.2) is 12.2 Å². The monoisotopic (exact) mass is 780 g/mol. The molecule has 2 unspecified atom stereocenters. The van der Waals surface area contributed by atoms with Crippen LogP contribution in [0.2, 0.25) is 0 Å². The molecule has 13 heteroatoms. The van der Waals surface area contributed by atoms with Gasteiger partial charge in [-0.15, -0.1) is 0 Å². The van der Waals surface area contributed by atoms with Gasteiger partial charge in [0.05, 0.1) is 43.7 Å². The van der Waals surface area contributed by atoms with Gasteiger partial charge in [0.1, 0.15) is 42.7 Å². The van der Waals surface area contributed by atoms with Gasteiger partial charge >= 0.3 is 0 Å². The van der Waals surface area contributed by atoms with Crippen LogP contribution in [0, 0.1) is 50.2 Å². The van der Waals surface area contributed by atoms with E-state index in [1.807, 2.05) is 0 Å². The first-order valence-corrected chi connectivity index (χ1v) is 20.9. The molecule has 1 spiro atoms. The summed E-state index contributed by atoms with van der Waals surface area (Å²) in [5.74, 6) is 0.248. The van der Waals surface area contributed by atoms with Crippen molar-refractivity contribution in [1.29, 1.82) is 0 Å². The third-order valence-electron chi connectivity index (χ3n) is 17.9. The smallest absolute Gasteiger partial charge is 0.186 e. The highest BCUT2D eigenvalue weighted by Gasteiger charge is 2.79. The highest BCUT2D eigenvalue weighted by atomic mass is 16.7. The standard InChI is InChI=1S/C42H68O13/c1-21-28(45)30(47)32(49)34(52-21)54-26-10-11-37(4)23(38(26,5)19-44)8-12-39(6)24(37)9-13-42-25-16-36(2,3)14-15-41(25,20-51-42)27(17-40(39,42)7)55-35-33(50)31(48)29(46)22(18-43)53-35/h9,13,21-35,43-50H,8,10-12,14-20H2,1-7H3/t21-,22-,23-,24-,25-,26?,27?,28+,29-,30+,31+,32-,33-,34+,35+,37+,38+,39-,40+,41-,42+/m1/s1. The Morgan fingerprint density at radius 3 is 2.02 bits per heavy atom. The Morgan fingerprint density at radius 1 is 0.691 bits per heavy atom. The van der Waals surface area contributed by atoms with Crippen molar-refractivity contribution in [2.45, 2.75) is 179 Å². The van der Waals surface area contributed by atoms with Gasteiger partial charge in [0.2, 0.25) is 0 Å². The molecule has 314 valence electrons. The second-order valence-electron chi connectivity index (χ2n) is 21.0. The van der Waals surface area contributed by atoms with Crippen LogP contribution in [0.5, 0.6) is 0 Å². The zero-order valence-corrected chi connectivity index (χ0v) is 33.7. The van der Waals surface area contributed by atoms with E-state index >= 15 is 0 Å². The quantitative estimate of drug-likeness (QED) is 0.143. The molecule has 0 aromatic heterocycles. The molecule has 7 fully saturated rings. The van der Waals surface area contributed by atoms with Crippen LogP contribution in [-0.2, 0) is 23.7 Å². The number of fused-ring (bicyclic) bond motifs is 4. The minimum atomic E-state index is -1.53. The molecule has 4 saturated carbocycles. The van der Waals surface area contributed by atoms with E-state index in [-0.39, 0.29) is 46.0 Å². The molecule has 5 aliphatic carbocycles. The summed E-state index contributed by atoms with van der Waals surface area (Å²) in [6, 6.07) is 0. The molecule has 8 aliphatic rings. The van der Waals surface area contributed by atoms with Gasteiger partial charge in [-0.25, -0.2) is 0 Å². The fourth-order valence-electron chi connectivity index (χ4n) is 14.3. The largest absolute Gasteiger partial charge is 0.396 e. The Balaban J connectivity index is 1.14. The van der Waals surface area contributed by atoms with E-state index in [0.29, 0.717) is 19.4 Å². The summed E-state index contributed by atoms with van der Waals surface area (Å²) in [5.41, 5.74) is -2.54. The molecule has 3 saturated heterocycles. The van der Waals surface area contributed by atoms with Crippen molar-refractivity contribution in [2.75, 3.05) is 19.8 Å². The number of rotatable bonds is 6. The molecule has 21 atom stereocenters. The molecule has 13 nitrogen and oxygen atoms in total. The fraction of sp³-hybridized carbons (Fsp3) is 0.952. The summed E-state index contributed by atoms with van der Waals surface area (Å²) in [4.78, 5) is 0. The molecule has 8 rings (SSSR count). The van der Waals surface area contributed by atoms with Crippen LogP contribution in [-0.4, -0.2) is 140 Å². The van der Waals surface area contributed by atoms with Crippen LogP contribution in [0.1, 0.15) is 99.8 Å². The SMILES string of the molecule is C[C@H]1O[C@@H](OC2CC[C@@]3(C)[C@@H](CC[C@]4(C)[C@@H]3C=C[C@]35OC[C@@]6(CCC(C)(C)C[C@H]63)C(O[C@@H]3O[C@H](CO)[C@@H](O)[C@H](O)[C@H]3O)C[C@]54C)[C@]2(C)CO)[C@H](O)[C@@H](O)[C@H]1O. The number of hydrogen-bond donors (Lipinski definition) is 8. The molecular formula is C42H68O13. The van der Waals surface area contributed by atoms with Crippen LogP contribution in [0.25, 0.3) is 0 Å². The zero-order valence-electron chi connectivity index (χ0n) is 33.7. The van der Waals surface area contributed by atoms with Crippen LogP contribution in [0.4, 0.5) is 0 Å². The number of allylic oxidation sites excluding steroid dienone is 1. The highest BCUT2D eigenvalue weighted by Crippen LogP contribution is 2.79. The lowest BCUT2D eigenvalue weighted by Gasteiger charge is -2.73. The lowest BCUT2D eigenvalue weighted by Crippen LogP contribution is -2.73. The van der Waals surface area contributed by atoms with Gasteiger partial charge in [-0.2, -0.15) is 0 Å². The Hall–Kier alpha value is -0.780. The summed E-state index contributed by atoms with van der Waals surface area (Å²) in [6.45, 7) is 15.4. The van der Waals surface area contributed by atoms with Crippen molar-refractivity contribution in [3.63, 3.8) is 0 Å². The molecule has 3 aliphatic heterocycles.